The number of carbonyl (C=O) groups excluding carboxylic acids is 1. The van der Waals surface area contributed by atoms with Gasteiger partial charge in [0.05, 0.1) is 12.2 Å². The van der Waals surface area contributed by atoms with Crippen LogP contribution < -0.4 is 26.2 Å². The summed E-state index contributed by atoms with van der Waals surface area (Å²) < 4.78 is 8.83. The van der Waals surface area contributed by atoms with Gasteiger partial charge in [-0.05, 0) is 55.2 Å². The third-order valence-electron chi connectivity index (χ3n) is 7.63. The molecule has 11 heteroatoms. The average molecular weight is 723 g/mol. The zero-order chi connectivity index (χ0) is 32.7. The number of halogens is 1. The minimum atomic E-state index is -0.388. The van der Waals surface area contributed by atoms with E-state index < -0.39 is 0 Å². The van der Waals surface area contributed by atoms with Crippen LogP contribution in [0.25, 0.3) is 0 Å². The molecule has 238 valence electrons. The Morgan fingerprint density at radius 2 is 1.76 bits per heavy atom. The molecule has 0 saturated heterocycles. The van der Waals surface area contributed by atoms with Gasteiger partial charge < -0.3 is 25.7 Å². The molecule has 4 rings (SSSR count). The van der Waals surface area contributed by atoms with E-state index in [2.05, 4.69) is 38.5 Å². The Labute approximate surface area is 278 Å². The van der Waals surface area contributed by atoms with Crippen molar-refractivity contribution < 1.29 is 9.53 Å². The van der Waals surface area contributed by atoms with Crippen LogP contribution in [0.5, 0.6) is 5.75 Å². The lowest BCUT2D eigenvalue weighted by molar-refractivity contribution is 0.170. The molecule has 1 aromatic heterocycles. The van der Waals surface area contributed by atoms with Gasteiger partial charge in [0.15, 0.2) is 0 Å². The van der Waals surface area contributed by atoms with E-state index in [1.54, 1.807) is 29.3 Å². The third kappa shape index (κ3) is 8.96. The minimum Gasteiger partial charge on any atom is -0.484 e. The lowest BCUT2D eigenvalue weighted by Gasteiger charge is -2.32. The molecular formula is C34H43IN8O2. The number of alkyl halides is 1. The highest BCUT2D eigenvalue weighted by molar-refractivity contribution is 14.1. The molecule has 0 fully saturated rings. The summed E-state index contributed by atoms with van der Waals surface area (Å²) >= 11 is 2.27. The zero-order valence-electron chi connectivity index (χ0n) is 26.5. The zero-order valence-corrected chi connectivity index (χ0v) is 28.7. The maximum Gasteiger partial charge on any atom is 0.320 e. The Morgan fingerprint density at radius 3 is 2.42 bits per heavy atom. The number of pyridine rings is 1. The summed E-state index contributed by atoms with van der Waals surface area (Å²) in [6.07, 6.45) is 4.42. The summed E-state index contributed by atoms with van der Waals surface area (Å²) in [6, 6.07) is 18.6. The minimum absolute atomic E-state index is 0.204. The van der Waals surface area contributed by atoms with Gasteiger partial charge >= 0.3 is 6.03 Å². The van der Waals surface area contributed by atoms with E-state index in [9.17, 15) is 4.79 Å². The number of benzene rings is 2. The van der Waals surface area contributed by atoms with Gasteiger partial charge in [0.2, 0.25) is 5.96 Å². The first-order chi connectivity index (χ1) is 21.3. The molecule has 1 aliphatic carbocycles. The Kier molecular flexibility index (Phi) is 11.1. The van der Waals surface area contributed by atoms with E-state index in [0.717, 1.165) is 26.8 Å². The van der Waals surface area contributed by atoms with Crippen LogP contribution in [0.15, 0.2) is 78.8 Å². The van der Waals surface area contributed by atoms with Crippen LogP contribution in [-0.2, 0) is 0 Å². The summed E-state index contributed by atoms with van der Waals surface area (Å²) in [7, 11) is 1.84. The summed E-state index contributed by atoms with van der Waals surface area (Å²) in [5.74, 6) is 1.20. The number of fused-ring (bicyclic) bond motifs is 1. The van der Waals surface area contributed by atoms with E-state index in [0.29, 0.717) is 36.7 Å². The van der Waals surface area contributed by atoms with Gasteiger partial charge in [-0.3, -0.25) is 20.7 Å². The molecule has 0 bridgehead atoms. The lowest BCUT2D eigenvalue weighted by atomic mass is 9.85. The number of hydrogen-bond donors (Lipinski definition) is 6. The number of anilines is 1. The average Bonchev–Trinajstić information content (AvgIpc) is 2.99. The van der Waals surface area contributed by atoms with Crippen molar-refractivity contribution in [1.29, 1.82) is 16.2 Å². The van der Waals surface area contributed by atoms with Crippen LogP contribution in [0.4, 0.5) is 10.5 Å². The maximum atomic E-state index is 13.4. The van der Waals surface area contributed by atoms with E-state index in [1.807, 2.05) is 83.3 Å². The van der Waals surface area contributed by atoms with E-state index in [-0.39, 0.29) is 35.0 Å². The van der Waals surface area contributed by atoms with Crippen LogP contribution in [0.2, 0.25) is 0 Å². The number of rotatable bonds is 9. The van der Waals surface area contributed by atoms with Crippen LogP contribution >= 0.6 is 22.6 Å². The van der Waals surface area contributed by atoms with Gasteiger partial charge in [0.25, 0.3) is 0 Å². The fourth-order valence-electron chi connectivity index (χ4n) is 4.90. The lowest BCUT2D eigenvalue weighted by Crippen LogP contribution is -2.41. The van der Waals surface area contributed by atoms with E-state index in [4.69, 9.17) is 21.0 Å². The normalized spacial score (nSPS) is 16.3. The van der Waals surface area contributed by atoms with Crippen molar-refractivity contribution in [2.75, 3.05) is 23.3 Å². The molecule has 10 nitrogen and oxygen atoms in total. The second-order valence-electron chi connectivity index (χ2n) is 12.2. The number of hydrogen-bond acceptors (Lipinski definition) is 6. The van der Waals surface area contributed by atoms with Crippen molar-refractivity contribution in [2.45, 2.75) is 52.7 Å². The summed E-state index contributed by atoms with van der Waals surface area (Å²) in [6.45, 7) is 8.60. The molecule has 0 radical (unpaired) electrons. The van der Waals surface area contributed by atoms with E-state index in [1.165, 1.54) is 4.57 Å². The molecule has 0 saturated carbocycles. The molecule has 2 aromatic carbocycles. The molecule has 2 amide bonds. The molecule has 0 aliphatic heterocycles. The highest BCUT2D eigenvalue weighted by Crippen LogP contribution is 2.38. The maximum absolute atomic E-state index is 13.4. The Morgan fingerprint density at radius 1 is 1.07 bits per heavy atom. The molecule has 3 aromatic rings. The highest BCUT2D eigenvalue weighted by atomic mass is 127. The molecule has 2 atom stereocenters. The third-order valence-corrected chi connectivity index (χ3v) is 8.11. The van der Waals surface area contributed by atoms with Gasteiger partial charge in [-0.15, -0.1) is 0 Å². The van der Waals surface area contributed by atoms with Gasteiger partial charge in [-0.1, -0.05) is 85.3 Å². The first-order valence-corrected chi connectivity index (χ1v) is 16.5. The fourth-order valence-corrected chi connectivity index (χ4v) is 5.63. The smallest absolute Gasteiger partial charge is 0.320 e. The van der Waals surface area contributed by atoms with Crippen LogP contribution in [0, 0.1) is 28.6 Å². The summed E-state index contributed by atoms with van der Waals surface area (Å²) in [5.41, 5.74) is 4.09. The SMILES string of the molecule is Cc1ccc(N/C(=C\C(=N)C(C)(C)C)NC(=O)N[C@H]2CC[C@@H](Oc3ccc(=N)n(C(=N)N(C)CCI)c3)c3ccccc32)cc1. The Bertz CT molecular complexity index is 1620. The largest absolute Gasteiger partial charge is 0.484 e. The van der Waals surface area contributed by atoms with Gasteiger partial charge in [0, 0.05) is 40.9 Å². The van der Waals surface area contributed by atoms with Crippen molar-refractivity contribution in [1.82, 2.24) is 20.1 Å². The number of aromatic nitrogens is 1. The van der Waals surface area contributed by atoms with Crippen LogP contribution in [-0.4, -0.2) is 45.2 Å². The second kappa shape index (κ2) is 14.8. The van der Waals surface area contributed by atoms with Crippen molar-refractivity contribution in [3.63, 3.8) is 0 Å². The summed E-state index contributed by atoms with van der Waals surface area (Å²) in [5, 5.41) is 34.7. The van der Waals surface area contributed by atoms with Gasteiger partial charge in [-0.25, -0.2) is 4.79 Å². The molecule has 6 N–H and O–H groups in total. The monoisotopic (exact) mass is 722 g/mol. The molecule has 0 spiro atoms. The fraction of sp³-hybridized carbons (Fsp3) is 0.353. The topological polar surface area (TPSA) is 142 Å². The van der Waals surface area contributed by atoms with Crippen LogP contribution in [0.1, 0.15) is 62.4 Å². The first kappa shape index (κ1) is 33.8. The standard InChI is InChI=1S/C34H43IN8O2/c1-22-10-12-23(13-11-22)39-31(20-29(36)34(2,3)4)41-33(44)40-27-15-16-28(26-9-7-6-8-25(26)27)45-24-14-17-30(37)43(21-24)32(38)42(5)19-18-35/h6-14,17,20-21,27-28,36-39H,15-16,18-19H2,1-5H3,(H2,40,41,44)/b31-20+,36-29?,37-30?,38-32?/t27-,28+/m0/s1. The Hall–Kier alpha value is -4.13. The predicted octanol–water partition coefficient (Wildman–Crippen LogP) is 6.70. The molecule has 45 heavy (non-hydrogen) atoms. The number of urea groups is 1. The quantitative estimate of drug-likeness (QED) is 0.0633. The van der Waals surface area contributed by atoms with Crippen molar-refractivity contribution >= 4 is 46.0 Å². The molecular weight excluding hydrogens is 679 g/mol. The molecule has 0 unspecified atom stereocenters. The highest BCUT2D eigenvalue weighted by Gasteiger charge is 2.30. The van der Waals surface area contributed by atoms with Gasteiger partial charge in [0.1, 0.15) is 23.2 Å². The predicted molar refractivity (Wildman–Crippen MR) is 188 cm³/mol. The van der Waals surface area contributed by atoms with Crippen LogP contribution in [0.3, 0.4) is 0 Å². The van der Waals surface area contributed by atoms with E-state index >= 15 is 0 Å². The molecule has 1 aliphatic rings. The van der Waals surface area contributed by atoms with Crippen molar-refractivity contribution in [3.8, 4) is 5.75 Å². The number of nitrogens with one attached hydrogen (secondary N) is 6. The number of nitrogens with zero attached hydrogens (tertiary/aromatic N) is 2. The van der Waals surface area contributed by atoms with Crippen molar-refractivity contribution in [2.24, 2.45) is 5.41 Å². The number of aryl methyl sites for hydroxylation is 1. The number of carbonyl (C=O) groups is 1. The summed E-state index contributed by atoms with van der Waals surface area (Å²) in [4.78, 5) is 15.2. The first-order valence-electron chi connectivity index (χ1n) is 15.0. The second-order valence-corrected chi connectivity index (χ2v) is 13.3. The number of amides is 2. The van der Waals surface area contributed by atoms with Crippen molar-refractivity contribution in [3.05, 3.63) is 101 Å². The Balaban J connectivity index is 1.50. The number of ether oxygens (including phenoxy) is 1. The number of allylic oxidation sites excluding steroid dienone is 1. The molecule has 1 heterocycles. The van der Waals surface area contributed by atoms with Gasteiger partial charge in [-0.2, -0.15) is 0 Å².